The van der Waals surface area contributed by atoms with Gasteiger partial charge in [0.15, 0.2) is 0 Å². The summed E-state index contributed by atoms with van der Waals surface area (Å²) in [6, 6.07) is 0.707. The summed E-state index contributed by atoms with van der Waals surface area (Å²) in [5, 5.41) is 0. The van der Waals surface area contributed by atoms with Gasteiger partial charge in [-0.05, 0) is 37.6 Å². The Labute approximate surface area is 130 Å². The van der Waals surface area contributed by atoms with Crippen LogP contribution in [0.15, 0.2) is 0 Å². The van der Waals surface area contributed by atoms with Gasteiger partial charge in [0.25, 0.3) is 0 Å². The van der Waals surface area contributed by atoms with Crippen LogP contribution in [0.1, 0.15) is 47.5 Å². The molecule has 1 saturated heterocycles. The highest BCUT2D eigenvalue weighted by Gasteiger charge is 2.46. The lowest BCUT2D eigenvalue weighted by atomic mass is 9.60. The molecule has 0 radical (unpaired) electrons. The molecule has 0 spiro atoms. The lowest BCUT2D eigenvalue weighted by molar-refractivity contribution is -0.146. The van der Waals surface area contributed by atoms with Gasteiger partial charge in [0, 0.05) is 37.6 Å². The molecule has 1 heterocycles. The highest BCUT2D eigenvalue weighted by Crippen LogP contribution is 2.45. The molecule has 4 heteroatoms. The van der Waals surface area contributed by atoms with Gasteiger partial charge in [-0.3, -0.25) is 9.69 Å². The second-order valence-corrected chi connectivity index (χ2v) is 7.67. The molecule has 21 heavy (non-hydrogen) atoms. The molecular weight excluding hydrogens is 262 g/mol. The zero-order chi connectivity index (χ0) is 15.8. The normalized spacial score (nSPS) is 37.5. The number of hydrogen-bond acceptors (Lipinski definition) is 3. The predicted octanol–water partition coefficient (Wildman–Crippen LogP) is 1.94. The fourth-order valence-electron chi connectivity index (χ4n) is 4.18. The van der Waals surface area contributed by atoms with Crippen molar-refractivity contribution in [3.63, 3.8) is 0 Å². The van der Waals surface area contributed by atoms with Gasteiger partial charge >= 0.3 is 0 Å². The maximum absolute atomic E-state index is 13.0. The van der Waals surface area contributed by atoms with Crippen molar-refractivity contribution in [1.82, 2.24) is 9.80 Å². The highest BCUT2D eigenvalue weighted by molar-refractivity contribution is 5.80. The third kappa shape index (κ3) is 3.11. The average molecular weight is 295 g/mol. The first-order valence-corrected chi connectivity index (χ1v) is 8.57. The molecule has 2 N–H and O–H groups in total. The van der Waals surface area contributed by atoms with Crippen molar-refractivity contribution in [3.05, 3.63) is 0 Å². The van der Waals surface area contributed by atoms with Gasteiger partial charge in [0.1, 0.15) is 0 Å². The molecule has 1 aliphatic heterocycles. The number of nitrogens with two attached hydrogens (primary N) is 1. The first kappa shape index (κ1) is 16.8. The minimum absolute atomic E-state index is 0.000120. The molecule has 1 aliphatic carbocycles. The number of hydrogen-bond donors (Lipinski definition) is 1. The number of amides is 1. The van der Waals surface area contributed by atoms with Crippen molar-refractivity contribution in [1.29, 1.82) is 0 Å². The van der Waals surface area contributed by atoms with Crippen LogP contribution in [0.2, 0.25) is 0 Å². The molecular formula is C17H33N3O. The lowest BCUT2D eigenvalue weighted by Gasteiger charge is -2.49. The van der Waals surface area contributed by atoms with Gasteiger partial charge in [-0.15, -0.1) is 0 Å². The molecule has 0 aromatic rings. The van der Waals surface area contributed by atoms with E-state index in [1.807, 2.05) is 0 Å². The molecule has 2 rings (SSSR count). The molecule has 0 aromatic carbocycles. The predicted molar refractivity (Wildman–Crippen MR) is 86.9 cm³/mol. The van der Waals surface area contributed by atoms with Gasteiger partial charge in [0.2, 0.25) is 5.91 Å². The number of piperazine rings is 1. The van der Waals surface area contributed by atoms with E-state index in [0.29, 0.717) is 17.9 Å². The van der Waals surface area contributed by atoms with Crippen LogP contribution < -0.4 is 5.73 Å². The Balaban J connectivity index is 2.06. The molecule has 2 fully saturated rings. The van der Waals surface area contributed by atoms with Crippen LogP contribution in [0.25, 0.3) is 0 Å². The zero-order valence-electron chi connectivity index (χ0n) is 14.4. The maximum Gasteiger partial charge on any atom is 0.226 e. The standard InChI is InChI=1S/C17H33N3O/c1-6-19-9-10-20(11-12(19)2)16(21)14-7-8-15(18)13(3)17(14,4)5/h12-15H,6-11,18H2,1-5H3. The van der Waals surface area contributed by atoms with E-state index in [4.69, 9.17) is 5.73 Å². The van der Waals surface area contributed by atoms with Crippen molar-refractivity contribution >= 4 is 5.91 Å². The van der Waals surface area contributed by atoms with E-state index in [0.717, 1.165) is 39.0 Å². The Morgan fingerprint density at radius 2 is 1.90 bits per heavy atom. The van der Waals surface area contributed by atoms with Gasteiger partial charge in [0.05, 0.1) is 0 Å². The molecule has 2 aliphatic rings. The number of likely N-dealkylation sites (N-methyl/N-ethyl adjacent to an activating group) is 1. The number of rotatable bonds is 2. The number of carbonyl (C=O) groups excluding carboxylic acids is 1. The van der Waals surface area contributed by atoms with Crippen molar-refractivity contribution in [2.24, 2.45) is 23.0 Å². The minimum atomic E-state index is -0.000120. The average Bonchev–Trinajstić information content (AvgIpc) is 2.44. The smallest absolute Gasteiger partial charge is 0.226 e. The Bertz CT molecular complexity index is 382. The summed E-state index contributed by atoms with van der Waals surface area (Å²) in [5.41, 5.74) is 6.22. The molecule has 4 atom stereocenters. The fraction of sp³-hybridized carbons (Fsp3) is 0.941. The summed E-state index contributed by atoms with van der Waals surface area (Å²) in [5.74, 6) is 0.892. The van der Waals surface area contributed by atoms with Crippen LogP contribution in [-0.2, 0) is 4.79 Å². The van der Waals surface area contributed by atoms with Gasteiger partial charge in [-0.1, -0.05) is 27.7 Å². The van der Waals surface area contributed by atoms with E-state index in [9.17, 15) is 4.79 Å². The summed E-state index contributed by atoms with van der Waals surface area (Å²) in [4.78, 5) is 17.6. The van der Waals surface area contributed by atoms with E-state index in [1.165, 1.54) is 0 Å². The van der Waals surface area contributed by atoms with Crippen LogP contribution in [0, 0.1) is 17.3 Å². The zero-order valence-corrected chi connectivity index (χ0v) is 14.4. The molecule has 122 valence electrons. The maximum atomic E-state index is 13.0. The first-order chi connectivity index (χ1) is 9.78. The van der Waals surface area contributed by atoms with Gasteiger partial charge in [-0.25, -0.2) is 0 Å². The third-order valence-corrected chi connectivity index (χ3v) is 6.28. The van der Waals surface area contributed by atoms with Crippen molar-refractivity contribution in [2.75, 3.05) is 26.2 Å². The largest absolute Gasteiger partial charge is 0.340 e. The Hall–Kier alpha value is -0.610. The van der Waals surface area contributed by atoms with Crippen LogP contribution in [-0.4, -0.2) is 54.0 Å². The van der Waals surface area contributed by atoms with Gasteiger partial charge in [-0.2, -0.15) is 0 Å². The van der Waals surface area contributed by atoms with Crippen LogP contribution in [0.3, 0.4) is 0 Å². The van der Waals surface area contributed by atoms with E-state index in [-0.39, 0.29) is 17.4 Å². The summed E-state index contributed by atoms with van der Waals surface area (Å²) < 4.78 is 0. The SMILES string of the molecule is CCN1CCN(C(=O)C2CCC(N)C(C)C2(C)C)CC1C. The Kier molecular flexibility index (Phi) is 4.99. The first-order valence-electron chi connectivity index (χ1n) is 8.57. The molecule has 4 unspecified atom stereocenters. The molecule has 4 nitrogen and oxygen atoms in total. The van der Waals surface area contributed by atoms with E-state index >= 15 is 0 Å². The quantitative estimate of drug-likeness (QED) is 0.847. The Morgan fingerprint density at radius 3 is 2.48 bits per heavy atom. The minimum Gasteiger partial charge on any atom is -0.340 e. The molecule has 0 aromatic heterocycles. The molecule has 1 saturated carbocycles. The van der Waals surface area contributed by atoms with E-state index < -0.39 is 0 Å². The van der Waals surface area contributed by atoms with Crippen LogP contribution in [0.4, 0.5) is 0 Å². The highest BCUT2D eigenvalue weighted by atomic mass is 16.2. The van der Waals surface area contributed by atoms with Crippen LogP contribution in [0.5, 0.6) is 0 Å². The van der Waals surface area contributed by atoms with Gasteiger partial charge < -0.3 is 10.6 Å². The van der Waals surface area contributed by atoms with E-state index in [1.54, 1.807) is 0 Å². The second-order valence-electron chi connectivity index (χ2n) is 7.67. The monoisotopic (exact) mass is 295 g/mol. The number of carbonyl (C=O) groups is 1. The summed E-state index contributed by atoms with van der Waals surface area (Å²) in [6.07, 6.45) is 1.92. The number of nitrogens with zero attached hydrogens (tertiary/aromatic N) is 2. The topological polar surface area (TPSA) is 49.6 Å². The van der Waals surface area contributed by atoms with Crippen molar-refractivity contribution in [2.45, 2.75) is 59.5 Å². The van der Waals surface area contributed by atoms with Crippen molar-refractivity contribution < 1.29 is 4.79 Å². The third-order valence-electron chi connectivity index (χ3n) is 6.28. The van der Waals surface area contributed by atoms with Crippen molar-refractivity contribution in [3.8, 4) is 0 Å². The summed E-state index contributed by atoms with van der Waals surface area (Å²) in [7, 11) is 0. The molecule has 1 amide bonds. The summed E-state index contributed by atoms with van der Waals surface area (Å²) >= 11 is 0. The summed E-state index contributed by atoms with van der Waals surface area (Å²) in [6.45, 7) is 14.9. The fourth-order valence-corrected chi connectivity index (χ4v) is 4.18. The van der Waals surface area contributed by atoms with E-state index in [2.05, 4.69) is 44.4 Å². The Morgan fingerprint density at radius 1 is 1.24 bits per heavy atom. The lowest BCUT2D eigenvalue weighted by Crippen LogP contribution is -2.58. The van der Waals surface area contributed by atoms with Crippen LogP contribution >= 0.6 is 0 Å². The second kappa shape index (κ2) is 6.25. The molecule has 0 bridgehead atoms.